The van der Waals surface area contributed by atoms with Crippen molar-refractivity contribution in [2.45, 2.75) is 25.3 Å². The van der Waals surface area contributed by atoms with Crippen LogP contribution in [0.3, 0.4) is 0 Å². The second-order valence-corrected chi connectivity index (χ2v) is 9.39. The first-order valence-corrected chi connectivity index (χ1v) is 11.7. The molecule has 0 unspecified atom stereocenters. The van der Waals surface area contributed by atoms with E-state index in [1.807, 2.05) is 24.3 Å². The van der Waals surface area contributed by atoms with Crippen molar-refractivity contribution in [3.8, 4) is 0 Å². The summed E-state index contributed by atoms with van der Waals surface area (Å²) in [5.41, 5.74) is 2.64. The molecule has 1 aliphatic heterocycles. The van der Waals surface area contributed by atoms with E-state index in [1.165, 1.54) is 0 Å². The van der Waals surface area contributed by atoms with Crippen LogP contribution in [-0.2, 0) is 21.2 Å². The molecule has 0 saturated carbocycles. The number of H-pyrrole nitrogens is 1. The molecule has 4 rings (SSSR count). The number of aromatic nitrogens is 2. The first-order chi connectivity index (χ1) is 14.3. The van der Waals surface area contributed by atoms with Crippen molar-refractivity contribution in [3.63, 3.8) is 0 Å². The van der Waals surface area contributed by atoms with Crippen LogP contribution in [0.5, 0.6) is 0 Å². The molecule has 3 aromatic rings. The minimum atomic E-state index is -3.43. The monoisotopic (exact) mass is 428 g/mol. The Kier molecular flexibility index (Phi) is 5.38. The largest absolute Gasteiger partial charge is 0.342 e. The zero-order valence-electron chi connectivity index (χ0n) is 16.7. The van der Waals surface area contributed by atoms with Crippen molar-refractivity contribution in [2.24, 2.45) is 0 Å². The van der Waals surface area contributed by atoms with Crippen molar-refractivity contribution < 1.29 is 13.2 Å². The molecular formula is C21H24N4O4S. The predicted octanol–water partition coefficient (Wildman–Crippen LogP) is 2.11. The lowest BCUT2D eigenvalue weighted by Gasteiger charge is -2.32. The van der Waals surface area contributed by atoms with Crippen molar-refractivity contribution in [1.82, 2.24) is 14.5 Å². The number of imidazole rings is 1. The van der Waals surface area contributed by atoms with Gasteiger partial charge < -0.3 is 9.88 Å². The number of likely N-dealkylation sites (tertiary alicyclic amines) is 1. The van der Waals surface area contributed by atoms with Crippen molar-refractivity contribution >= 4 is 32.7 Å². The predicted molar refractivity (Wildman–Crippen MR) is 116 cm³/mol. The normalized spacial score (nSPS) is 15.4. The lowest BCUT2D eigenvalue weighted by molar-refractivity contribution is -0.131. The Morgan fingerprint density at radius 3 is 2.50 bits per heavy atom. The van der Waals surface area contributed by atoms with Gasteiger partial charge in [0.05, 0.1) is 29.4 Å². The van der Waals surface area contributed by atoms with Gasteiger partial charge in [0, 0.05) is 19.1 Å². The Hall–Kier alpha value is -3.07. The molecule has 2 aromatic carbocycles. The second-order valence-electron chi connectivity index (χ2n) is 7.64. The van der Waals surface area contributed by atoms with Gasteiger partial charge in [0.25, 0.3) is 0 Å². The Labute approximate surface area is 174 Å². The van der Waals surface area contributed by atoms with Gasteiger partial charge in [0.2, 0.25) is 15.9 Å². The maximum absolute atomic E-state index is 12.8. The van der Waals surface area contributed by atoms with Gasteiger partial charge >= 0.3 is 5.69 Å². The van der Waals surface area contributed by atoms with E-state index in [4.69, 9.17) is 0 Å². The van der Waals surface area contributed by atoms with Gasteiger partial charge in [0.15, 0.2) is 0 Å². The molecule has 9 heteroatoms. The van der Waals surface area contributed by atoms with Gasteiger partial charge in [-0.15, -0.1) is 0 Å². The average Bonchev–Trinajstić information content (AvgIpc) is 3.04. The molecule has 1 aromatic heterocycles. The smallest absolute Gasteiger partial charge is 0.326 e. The molecule has 0 aliphatic carbocycles. The number of hydrogen-bond donors (Lipinski definition) is 2. The minimum absolute atomic E-state index is 0.0388. The lowest BCUT2D eigenvalue weighted by atomic mass is 10.0. The molecular weight excluding hydrogens is 404 g/mol. The molecule has 30 heavy (non-hydrogen) atoms. The highest BCUT2D eigenvalue weighted by atomic mass is 32.2. The Morgan fingerprint density at radius 1 is 1.10 bits per heavy atom. The number of amides is 1. The quantitative estimate of drug-likeness (QED) is 0.649. The van der Waals surface area contributed by atoms with Crippen LogP contribution in [0, 0.1) is 0 Å². The third kappa shape index (κ3) is 4.25. The van der Waals surface area contributed by atoms with Gasteiger partial charge in [0.1, 0.15) is 0 Å². The molecule has 1 aliphatic rings. The summed E-state index contributed by atoms with van der Waals surface area (Å²) < 4.78 is 27.4. The van der Waals surface area contributed by atoms with Gasteiger partial charge in [-0.25, -0.2) is 13.2 Å². The third-order valence-electron chi connectivity index (χ3n) is 5.46. The standard InChI is InChI=1S/C21H24N4O4S/c1-30(28,29)23-17-7-3-2-6-15(17)14-20(26)24-12-10-16(11-13-24)25-19-9-5-4-8-18(19)22-21(25)27/h2-9,16,23H,10-14H2,1H3,(H,22,27). The lowest BCUT2D eigenvalue weighted by Crippen LogP contribution is -2.41. The van der Waals surface area contributed by atoms with Crippen molar-refractivity contribution in [3.05, 3.63) is 64.6 Å². The number of para-hydroxylation sites is 3. The van der Waals surface area contributed by atoms with E-state index in [0.717, 1.165) is 17.3 Å². The van der Waals surface area contributed by atoms with Crippen molar-refractivity contribution in [1.29, 1.82) is 0 Å². The Bertz CT molecular complexity index is 1240. The van der Waals surface area contributed by atoms with Crippen LogP contribution in [0.25, 0.3) is 11.0 Å². The number of nitrogens with one attached hydrogen (secondary N) is 2. The van der Waals surface area contributed by atoms with E-state index < -0.39 is 10.0 Å². The highest BCUT2D eigenvalue weighted by molar-refractivity contribution is 7.92. The van der Waals surface area contributed by atoms with Crippen LogP contribution in [0.4, 0.5) is 5.69 Å². The van der Waals surface area contributed by atoms with Crippen LogP contribution >= 0.6 is 0 Å². The average molecular weight is 429 g/mol. The van der Waals surface area contributed by atoms with Crippen LogP contribution in [0.1, 0.15) is 24.4 Å². The summed E-state index contributed by atoms with van der Waals surface area (Å²) in [5.74, 6) is -0.0533. The summed E-state index contributed by atoms with van der Waals surface area (Å²) >= 11 is 0. The van der Waals surface area contributed by atoms with E-state index in [2.05, 4.69) is 9.71 Å². The summed E-state index contributed by atoms with van der Waals surface area (Å²) in [5, 5.41) is 0. The van der Waals surface area contributed by atoms with E-state index >= 15 is 0 Å². The number of rotatable bonds is 5. The molecule has 0 radical (unpaired) electrons. The molecule has 8 nitrogen and oxygen atoms in total. The fourth-order valence-electron chi connectivity index (χ4n) is 4.06. The fourth-order valence-corrected chi connectivity index (χ4v) is 4.66. The Balaban J connectivity index is 1.44. The SMILES string of the molecule is CS(=O)(=O)Nc1ccccc1CC(=O)N1CCC(n2c(=O)[nH]c3ccccc32)CC1. The van der Waals surface area contributed by atoms with Gasteiger partial charge in [-0.3, -0.25) is 14.1 Å². The van der Waals surface area contributed by atoms with Crippen LogP contribution < -0.4 is 10.4 Å². The highest BCUT2D eigenvalue weighted by Crippen LogP contribution is 2.26. The summed E-state index contributed by atoms with van der Waals surface area (Å²) in [6, 6.07) is 14.6. The van der Waals surface area contributed by atoms with Crippen molar-refractivity contribution in [2.75, 3.05) is 24.1 Å². The maximum atomic E-state index is 12.8. The second kappa shape index (κ2) is 7.98. The molecule has 158 valence electrons. The fraction of sp³-hybridized carbons (Fsp3) is 0.333. The number of nitrogens with zero attached hydrogens (tertiary/aromatic N) is 2. The van der Waals surface area contributed by atoms with E-state index in [1.54, 1.807) is 33.7 Å². The van der Waals surface area contributed by atoms with Gasteiger partial charge in [-0.2, -0.15) is 0 Å². The summed E-state index contributed by atoms with van der Waals surface area (Å²) in [7, 11) is -3.43. The molecule has 2 N–H and O–H groups in total. The van der Waals surface area contributed by atoms with Crippen LogP contribution in [0.15, 0.2) is 53.3 Å². The number of piperidine rings is 1. The third-order valence-corrected chi connectivity index (χ3v) is 6.05. The van der Waals surface area contributed by atoms with Crippen LogP contribution in [0.2, 0.25) is 0 Å². The Morgan fingerprint density at radius 2 is 1.77 bits per heavy atom. The highest BCUT2D eigenvalue weighted by Gasteiger charge is 2.26. The summed E-state index contributed by atoms with van der Waals surface area (Å²) in [6.45, 7) is 1.11. The molecule has 0 bridgehead atoms. The summed E-state index contributed by atoms with van der Waals surface area (Å²) in [6.07, 6.45) is 2.59. The summed E-state index contributed by atoms with van der Waals surface area (Å²) in [4.78, 5) is 29.9. The first-order valence-electron chi connectivity index (χ1n) is 9.84. The van der Waals surface area contributed by atoms with Crippen LogP contribution in [-0.4, -0.2) is 48.1 Å². The van der Waals surface area contributed by atoms with Gasteiger partial charge in [-0.1, -0.05) is 30.3 Å². The number of anilines is 1. The topological polar surface area (TPSA) is 104 Å². The number of sulfonamides is 1. The molecule has 1 saturated heterocycles. The van der Waals surface area contributed by atoms with Gasteiger partial charge in [-0.05, 0) is 36.6 Å². The maximum Gasteiger partial charge on any atom is 0.326 e. The molecule has 0 spiro atoms. The van der Waals surface area contributed by atoms with E-state index in [0.29, 0.717) is 37.2 Å². The zero-order valence-corrected chi connectivity index (χ0v) is 17.5. The minimum Gasteiger partial charge on any atom is -0.342 e. The number of fused-ring (bicyclic) bond motifs is 1. The molecule has 1 fully saturated rings. The molecule has 0 atom stereocenters. The molecule has 1 amide bonds. The number of aromatic amines is 1. The van der Waals surface area contributed by atoms with E-state index in [9.17, 15) is 18.0 Å². The number of hydrogen-bond acceptors (Lipinski definition) is 4. The molecule has 2 heterocycles. The zero-order chi connectivity index (χ0) is 21.3. The van der Waals surface area contributed by atoms with E-state index in [-0.39, 0.29) is 24.1 Å². The number of carbonyl (C=O) groups excluding carboxylic acids is 1. The number of carbonyl (C=O) groups is 1. The number of benzene rings is 2. The first kappa shape index (κ1) is 20.2.